The third-order valence-electron chi connectivity index (χ3n) is 1.86. The van der Waals surface area contributed by atoms with Crippen LogP contribution in [-0.2, 0) is 11.2 Å². The zero-order valence-corrected chi connectivity index (χ0v) is 8.05. The minimum atomic E-state index is 0.780. The van der Waals surface area contributed by atoms with Crippen molar-refractivity contribution >= 4 is 0 Å². The Balaban J connectivity index is 2.07. The fourth-order valence-corrected chi connectivity index (χ4v) is 1.12. The van der Waals surface area contributed by atoms with E-state index in [1.165, 1.54) is 5.56 Å². The van der Waals surface area contributed by atoms with E-state index >= 15 is 0 Å². The van der Waals surface area contributed by atoms with Crippen molar-refractivity contribution in [3.63, 3.8) is 0 Å². The largest absolute Gasteiger partial charge is 0.383 e. The summed E-state index contributed by atoms with van der Waals surface area (Å²) >= 11 is 0. The van der Waals surface area contributed by atoms with Gasteiger partial charge in [-0.25, -0.2) is 0 Å². The molecule has 0 aliphatic rings. The predicted octanol–water partition coefficient (Wildman–Crippen LogP) is 1.27. The molecule has 2 heteroatoms. The predicted molar refractivity (Wildman–Crippen MR) is 53.7 cm³/mol. The summed E-state index contributed by atoms with van der Waals surface area (Å²) in [7, 11) is 1.72. The van der Waals surface area contributed by atoms with Crippen molar-refractivity contribution in [2.45, 2.75) is 6.42 Å². The second-order valence-corrected chi connectivity index (χ2v) is 2.90. The summed E-state index contributed by atoms with van der Waals surface area (Å²) in [6.45, 7) is 2.71. The van der Waals surface area contributed by atoms with E-state index in [4.69, 9.17) is 4.74 Å². The molecule has 0 atom stereocenters. The SMILES string of the molecule is COCCNCCc1cc[c]cc1. The molecule has 0 amide bonds. The Labute approximate surface area is 79.9 Å². The fraction of sp³-hybridized carbons (Fsp3) is 0.455. The third kappa shape index (κ3) is 4.65. The van der Waals surface area contributed by atoms with E-state index in [1.54, 1.807) is 7.11 Å². The topological polar surface area (TPSA) is 21.3 Å². The zero-order chi connectivity index (χ0) is 9.36. The lowest BCUT2D eigenvalue weighted by Crippen LogP contribution is -2.21. The number of methoxy groups -OCH3 is 1. The van der Waals surface area contributed by atoms with Crippen LogP contribution in [0.15, 0.2) is 24.3 Å². The summed E-state index contributed by atoms with van der Waals surface area (Å²) in [5.74, 6) is 0. The van der Waals surface area contributed by atoms with Gasteiger partial charge in [0.25, 0.3) is 0 Å². The van der Waals surface area contributed by atoms with Gasteiger partial charge in [0.15, 0.2) is 0 Å². The first-order valence-electron chi connectivity index (χ1n) is 4.58. The van der Waals surface area contributed by atoms with Gasteiger partial charge in [0, 0.05) is 13.7 Å². The number of rotatable bonds is 6. The summed E-state index contributed by atoms with van der Waals surface area (Å²) in [5, 5.41) is 3.30. The van der Waals surface area contributed by atoms with Gasteiger partial charge in [-0.15, -0.1) is 0 Å². The second kappa shape index (κ2) is 6.63. The van der Waals surface area contributed by atoms with Crippen molar-refractivity contribution in [3.8, 4) is 0 Å². The number of benzene rings is 1. The summed E-state index contributed by atoms with van der Waals surface area (Å²) < 4.78 is 4.93. The molecule has 1 aromatic carbocycles. The Morgan fingerprint density at radius 1 is 1.31 bits per heavy atom. The van der Waals surface area contributed by atoms with E-state index in [0.29, 0.717) is 0 Å². The van der Waals surface area contributed by atoms with E-state index in [-0.39, 0.29) is 0 Å². The standard InChI is InChI=1S/C11H16NO/c1-13-10-9-12-8-7-11-5-3-2-4-6-11/h3-6,12H,7-10H2,1H3. The van der Waals surface area contributed by atoms with Crippen molar-refractivity contribution in [2.24, 2.45) is 0 Å². The molecule has 1 rings (SSSR count). The Hall–Kier alpha value is -0.860. The molecule has 0 bridgehead atoms. The second-order valence-electron chi connectivity index (χ2n) is 2.90. The molecule has 0 heterocycles. The molecule has 2 nitrogen and oxygen atoms in total. The van der Waals surface area contributed by atoms with Crippen molar-refractivity contribution < 1.29 is 4.74 Å². The van der Waals surface area contributed by atoms with Crippen LogP contribution in [0.4, 0.5) is 0 Å². The summed E-state index contributed by atoms with van der Waals surface area (Å²) in [6, 6.07) is 11.1. The van der Waals surface area contributed by atoms with Crippen molar-refractivity contribution in [1.82, 2.24) is 5.32 Å². The smallest absolute Gasteiger partial charge is 0.0587 e. The maximum absolute atomic E-state index is 4.93. The highest BCUT2D eigenvalue weighted by Crippen LogP contribution is 1.97. The Morgan fingerprint density at radius 2 is 2.08 bits per heavy atom. The minimum Gasteiger partial charge on any atom is -0.383 e. The van der Waals surface area contributed by atoms with Crippen LogP contribution in [0.1, 0.15) is 5.56 Å². The van der Waals surface area contributed by atoms with Gasteiger partial charge < -0.3 is 10.1 Å². The van der Waals surface area contributed by atoms with Crippen LogP contribution >= 0.6 is 0 Å². The third-order valence-corrected chi connectivity index (χ3v) is 1.86. The van der Waals surface area contributed by atoms with Gasteiger partial charge in [-0.1, -0.05) is 24.3 Å². The number of nitrogens with one attached hydrogen (secondary N) is 1. The monoisotopic (exact) mass is 178 g/mol. The van der Waals surface area contributed by atoms with Gasteiger partial charge in [0.05, 0.1) is 6.61 Å². The Bertz CT molecular complexity index is 211. The summed E-state index contributed by atoms with van der Waals surface area (Å²) in [4.78, 5) is 0. The zero-order valence-electron chi connectivity index (χ0n) is 8.05. The van der Waals surface area contributed by atoms with Gasteiger partial charge >= 0.3 is 0 Å². The highest BCUT2D eigenvalue weighted by molar-refractivity contribution is 5.13. The van der Waals surface area contributed by atoms with Crippen molar-refractivity contribution in [2.75, 3.05) is 26.8 Å². The van der Waals surface area contributed by atoms with Crippen LogP contribution in [0.5, 0.6) is 0 Å². The summed E-state index contributed by atoms with van der Waals surface area (Å²) in [6.07, 6.45) is 1.07. The number of hydrogen-bond acceptors (Lipinski definition) is 2. The molecule has 0 spiro atoms. The Kier molecular flexibility index (Phi) is 5.22. The van der Waals surface area contributed by atoms with Crippen LogP contribution in [-0.4, -0.2) is 26.8 Å². The van der Waals surface area contributed by atoms with Gasteiger partial charge in [-0.05, 0) is 24.6 Å². The molecule has 13 heavy (non-hydrogen) atoms. The molecule has 0 unspecified atom stereocenters. The maximum atomic E-state index is 4.93. The normalized spacial score (nSPS) is 10.2. The van der Waals surface area contributed by atoms with Crippen LogP contribution < -0.4 is 5.32 Å². The first kappa shape index (κ1) is 10.2. The molecule has 0 aliphatic heterocycles. The first-order valence-corrected chi connectivity index (χ1v) is 4.58. The minimum absolute atomic E-state index is 0.780. The number of ether oxygens (including phenoxy) is 1. The molecular weight excluding hydrogens is 162 g/mol. The first-order chi connectivity index (χ1) is 6.43. The molecule has 0 saturated heterocycles. The van der Waals surface area contributed by atoms with Crippen LogP contribution in [0.25, 0.3) is 0 Å². The maximum Gasteiger partial charge on any atom is 0.0587 e. The lowest BCUT2D eigenvalue weighted by molar-refractivity contribution is 0.199. The van der Waals surface area contributed by atoms with Crippen LogP contribution in [0, 0.1) is 6.07 Å². The summed E-state index contributed by atoms with van der Waals surface area (Å²) in [5.41, 5.74) is 1.35. The van der Waals surface area contributed by atoms with E-state index in [2.05, 4.69) is 23.5 Å². The van der Waals surface area contributed by atoms with Crippen molar-refractivity contribution in [1.29, 1.82) is 0 Å². The molecule has 0 saturated carbocycles. The van der Waals surface area contributed by atoms with Crippen molar-refractivity contribution in [3.05, 3.63) is 35.9 Å². The van der Waals surface area contributed by atoms with Gasteiger partial charge in [0.2, 0.25) is 0 Å². The lowest BCUT2D eigenvalue weighted by atomic mass is 10.1. The average molecular weight is 178 g/mol. The van der Waals surface area contributed by atoms with Crippen LogP contribution in [0.3, 0.4) is 0 Å². The molecule has 71 valence electrons. The quantitative estimate of drug-likeness (QED) is 0.662. The molecule has 0 aromatic heterocycles. The van der Waals surface area contributed by atoms with Gasteiger partial charge in [-0.3, -0.25) is 0 Å². The average Bonchev–Trinajstić information content (AvgIpc) is 2.19. The van der Waals surface area contributed by atoms with E-state index in [9.17, 15) is 0 Å². The van der Waals surface area contributed by atoms with E-state index in [0.717, 1.165) is 26.1 Å². The highest BCUT2D eigenvalue weighted by Gasteiger charge is 1.90. The molecule has 0 aliphatic carbocycles. The molecule has 0 fully saturated rings. The molecular formula is C11H16NO. The lowest BCUT2D eigenvalue weighted by Gasteiger charge is -2.03. The van der Waals surface area contributed by atoms with E-state index in [1.807, 2.05) is 12.1 Å². The highest BCUT2D eigenvalue weighted by atomic mass is 16.5. The molecule has 1 aromatic rings. The Morgan fingerprint density at radius 3 is 2.77 bits per heavy atom. The molecule has 1 N–H and O–H groups in total. The number of hydrogen-bond donors (Lipinski definition) is 1. The van der Waals surface area contributed by atoms with Gasteiger partial charge in [0.1, 0.15) is 0 Å². The molecule has 1 radical (unpaired) electrons. The van der Waals surface area contributed by atoms with Crippen LogP contribution in [0.2, 0.25) is 0 Å². The van der Waals surface area contributed by atoms with E-state index < -0.39 is 0 Å². The van der Waals surface area contributed by atoms with Gasteiger partial charge in [-0.2, -0.15) is 0 Å². The fourth-order valence-electron chi connectivity index (χ4n) is 1.12.